The number of nitrogens with zero attached hydrogens (tertiary/aromatic N) is 4. The van der Waals surface area contributed by atoms with Gasteiger partial charge in [0.15, 0.2) is 0 Å². The Labute approximate surface area is 152 Å². The summed E-state index contributed by atoms with van der Waals surface area (Å²) in [5.41, 5.74) is 2.12. The number of likely N-dealkylation sites (N-methyl/N-ethyl adjacent to an activating group) is 1. The molecule has 1 N–H and O–H groups in total. The summed E-state index contributed by atoms with van der Waals surface area (Å²) in [5.74, 6) is 1.06. The summed E-state index contributed by atoms with van der Waals surface area (Å²) in [4.78, 5) is 22.8. The third-order valence-electron chi connectivity index (χ3n) is 4.89. The largest absolute Gasteiger partial charge is 0.337 e. The van der Waals surface area contributed by atoms with Gasteiger partial charge in [0.2, 0.25) is 5.91 Å². The van der Waals surface area contributed by atoms with Crippen LogP contribution >= 0.6 is 0 Å². The van der Waals surface area contributed by atoms with Crippen LogP contribution in [-0.4, -0.2) is 38.4 Å². The average Bonchev–Trinajstić information content (AvgIpc) is 3.26. The lowest BCUT2D eigenvalue weighted by Crippen LogP contribution is -2.35. The fourth-order valence-electron chi connectivity index (χ4n) is 3.57. The molecule has 2 atom stereocenters. The SMILES string of the molecule is CN1C(=O)C[C@@H](NCc2nccn2-c2ccccc2)[C@@H]1c1cccnc1. The van der Waals surface area contributed by atoms with Gasteiger partial charge in [-0.1, -0.05) is 24.3 Å². The highest BCUT2D eigenvalue weighted by Gasteiger charge is 2.38. The van der Waals surface area contributed by atoms with Gasteiger partial charge in [-0.15, -0.1) is 0 Å². The van der Waals surface area contributed by atoms with Gasteiger partial charge in [0.25, 0.3) is 0 Å². The van der Waals surface area contributed by atoms with Crippen molar-refractivity contribution in [2.45, 2.75) is 25.0 Å². The molecule has 0 radical (unpaired) electrons. The molecule has 0 bridgehead atoms. The van der Waals surface area contributed by atoms with Crippen LogP contribution in [0.5, 0.6) is 0 Å². The third-order valence-corrected chi connectivity index (χ3v) is 4.89. The Morgan fingerprint density at radius 2 is 2.00 bits per heavy atom. The van der Waals surface area contributed by atoms with Gasteiger partial charge in [0.05, 0.1) is 12.6 Å². The van der Waals surface area contributed by atoms with E-state index in [0.29, 0.717) is 13.0 Å². The minimum Gasteiger partial charge on any atom is -0.337 e. The highest BCUT2D eigenvalue weighted by Crippen LogP contribution is 2.31. The Kier molecular flexibility index (Phi) is 4.50. The van der Waals surface area contributed by atoms with Gasteiger partial charge < -0.3 is 14.8 Å². The molecule has 1 saturated heterocycles. The lowest BCUT2D eigenvalue weighted by Gasteiger charge is -2.25. The van der Waals surface area contributed by atoms with Crippen molar-refractivity contribution in [3.8, 4) is 5.69 Å². The monoisotopic (exact) mass is 347 g/mol. The van der Waals surface area contributed by atoms with Crippen molar-refractivity contribution in [3.63, 3.8) is 0 Å². The zero-order chi connectivity index (χ0) is 17.9. The van der Waals surface area contributed by atoms with E-state index in [1.54, 1.807) is 17.3 Å². The molecule has 1 aliphatic rings. The summed E-state index contributed by atoms with van der Waals surface area (Å²) in [6.45, 7) is 0.588. The Bertz CT molecular complexity index is 877. The maximum Gasteiger partial charge on any atom is 0.224 e. The standard InChI is InChI=1S/C20H21N5O/c1-24-19(26)12-17(20(24)15-6-5-9-21-13-15)23-14-18-22-10-11-25(18)16-7-3-2-4-8-16/h2-11,13,17,20,23H,12,14H2,1H3/t17-,20+/m1/s1. The van der Waals surface area contributed by atoms with E-state index in [4.69, 9.17) is 0 Å². The maximum absolute atomic E-state index is 12.3. The number of likely N-dealkylation sites (tertiary alicyclic amines) is 1. The molecule has 2 aromatic heterocycles. The number of rotatable bonds is 5. The fourth-order valence-corrected chi connectivity index (χ4v) is 3.57. The number of pyridine rings is 1. The van der Waals surface area contributed by atoms with Crippen LogP contribution in [0.25, 0.3) is 5.69 Å². The minimum atomic E-state index is -0.0173. The number of carbonyl (C=O) groups excluding carboxylic acids is 1. The summed E-state index contributed by atoms with van der Waals surface area (Å²) >= 11 is 0. The fraction of sp³-hybridized carbons (Fsp3) is 0.250. The molecule has 0 spiro atoms. The number of para-hydroxylation sites is 1. The lowest BCUT2D eigenvalue weighted by molar-refractivity contribution is -0.127. The number of aromatic nitrogens is 3. The number of hydrogen-bond donors (Lipinski definition) is 1. The Hall–Kier alpha value is -2.99. The second-order valence-electron chi connectivity index (χ2n) is 6.48. The highest BCUT2D eigenvalue weighted by atomic mass is 16.2. The Balaban J connectivity index is 1.53. The number of nitrogens with one attached hydrogen (secondary N) is 1. The van der Waals surface area contributed by atoms with Gasteiger partial charge in [-0.2, -0.15) is 0 Å². The first-order chi connectivity index (χ1) is 12.7. The van der Waals surface area contributed by atoms with Crippen molar-refractivity contribution < 1.29 is 4.79 Å². The quantitative estimate of drug-likeness (QED) is 0.769. The number of carbonyl (C=O) groups is 1. The van der Waals surface area contributed by atoms with E-state index in [9.17, 15) is 4.79 Å². The summed E-state index contributed by atoms with van der Waals surface area (Å²) in [7, 11) is 1.85. The zero-order valence-electron chi connectivity index (χ0n) is 14.6. The zero-order valence-corrected chi connectivity index (χ0v) is 14.6. The second kappa shape index (κ2) is 7.09. The molecular formula is C20H21N5O. The molecule has 132 valence electrons. The molecule has 4 rings (SSSR count). The molecule has 1 aliphatic heterocycles. The van der Waals surface area contributed by atoms with Crippen molar-refractivity contribution in [2.75, 3.05) is 7.05 Å². The second-order valence-corrected chi connectivity index (χ2v) is 6.48. The molecule has 6 nitrogen and oxygen atoms in total. The molecule has 26 heavy (non-hydrogen) atoms. The van der Waals surface area contributed by atoms with Crippen LogP contribution < -0.4 is 5.32 Å². The lowest BCUT2D eigenvalue weighted by atomic mass is 10.0. The molecular weight excluding hydrogens is 326 g/mol. The number of hydrogen-bond acceptors (Lipinski definition) is 4. The molecule has 0 aliphatic carbocycles. The molecule has 6 heteroatoms. The van der Waals surface area contributed by atoms with Crippen LogP contribution in [0.4, 0.5) is 0 Å². The predicted molar refractivity (Wildman–Crippen MR) is 98.6 cm³/mol. The van der Waals surface area contributed by atoms with E-state index in [1.165, 1.54) is 0 Å². The normalized spacial score (nSPS) is 19.9. The van der Waals surface area contributed by atoms with E-state index in [1.807, 2.05) is 49.8 Å². The van der Waals surface area contributed by atoms with Gasteiger partial charge in [-0.05, 0) is 23.8 Å². The first kappa shape index (κ1) is 16.5. The van der Waals surface area contributed by atoms with Crippen LogP contribution in [0, 0.1) is 0 Å². The number of amides is 1. The van der Waals surface area contributed by atoms with Crippen LogP contribution in [0.1, 0.15) is 23.9 Å². The van der Waals surface area contributed by atoms with Crippen molar-refractivity contribution in [1.82, 2.24) is 24.8 Å². The summed E-state index contributed by atoms with van der Waals surface area (Å²) in [6.07, 6.45) is 7.81. The first-order valence-electron chi connectivity index (χ1n) is 8.70. The summed E-state index contributed by atoms with van der Waals surface area (Å²) in [6, 6.07) is 14.1. The van der Waals surface area contributed by atoms with E-state index >= 15 is 0 Å². The summed E-state index contributed by atoms with van der Waals surface area (Å²) in [5, 5.41) is 3.53. The maximum atomic E-state index is 12.3. The van der Waals surface area contributed by atoms with Gasteiger partial charge >= 0.3 is 0 Å². The van der Waals surface area contributed by atoms with Crippen LogP contribution in [0.2, 0.25) is 0 Å². The minimum absolute atomic E-state index is 0.0173. The van der Waals surface area contributed by atoms with Crippen molar-refractivity contribution in [2.24, 2.45) is 0 Å². The van der Waals surface area contributed by atoms with Crippen LogP contribution in [0.3, 0.4) is 0 Å². The van der Waals surface area contributed by atoms with E-state index in [0.717, 1.165) is 17.1 Å². The molecule has 1 aromatic carbocycles. The average molecular weight is 347 g/mol. The topological polar surface area (TPSA) is 63.1 Å². The van der Waals surface area contributed by atoms with E-state index in [-0.39, 0.29) is 18.0 Å². The number of benzene rings is 1. The Morgan fingerprint density at radius 1 is 1.15 bits per heavy atom. The van der Waals surface area contributed by atoms with Gasteiger partial charge in [0.1, 0.15) is 5.82 Å². The van der Waals surface area contributed by atoms with Gasteiger partial charge in [-0.3, -0.25) is 9.78 Å². The molecule has 1 amide bonds. The highest BCUT2D eigenvalue weighted by molar-refractivity contribution is 5.80. The van der Waals surface area contributed by atoms with Crippen LogP contribution in [0.15, 0.2) is 67.3 Å². The predicted octanol–water partition coefficient (Wildman–Crippen LogP) is 2.33. The number of imidazole rings is 1. The van der Waals surface area contributed by atoms with Gasteiger partial charge in [-0.25, -0.2) is 4.98 Å². The molecule has 3 aromatic rings. The van der Waals surface area contributed by atoms with Crippen molar-refractivity contribution >= 4 is 5.91 Å². The summed E-state index contributed by atoms with van der Waals surface area (Å²) < 4.78 is 2.06. The smallest absolute Gasteiger partial charge is 0.224 e. The van der Waals surface area contributed by atoms with Crippen molar-refractivity contribution in [1.29, 1.82) is 0 Å². The van der Waals surface area contributed by atoms with Crippen LogP contribution in [-0.2, 0) is 11.3 Å². The Morgan fingerprint density at radius 3 is 2.77 bits per heavy atom. The van der Waals surface area contributed by atoms with E-state index in [2.05, 4.69) is 32.0 Å². The molecule has 1 fully saturated rings. The molecule has 3 heterocycles. The molecule has 0 saturated carbocycles. The van der Waals surface area contributed by atoms with E-state index < -0.39 is 0 Å². The molecule has 0 unspecified atom stereocenters. The third kappa shape index (κ3) is 3.11. The first-order valence-corrected chi connectivity index (χ1v) is 8.70. The van der Waals surface area contributed by atoms with Crippen molar-refractivity contribution in [3.05, 3.63) is 78.6 Å². The van der Waals surface area contributed by atoms with Gasteiger partial charge in [0, 0.05) is 50.0 Å².